The van der Waals surface area contributed by atoms with E-state index in [0.717, 1.165) is 24.8 Å². The van der Waals surface area contributed by atoms with Crippen molar-refractivity contribution in [1.29, 1.82) is 0 Å². The molecule has 0 bridgehead atoms. The Balaban J connectivity index is 1.46. The van der Waals surface area contributed by atoms with Gasteiger partial charge < -0.3 is 14.6 Å². The number of anilines is 1. The van der Waals surface area contributed by atoms with E-state index in [2.05, 4.69) is 20.6 Å². The molecule has 8 nitrogen and oxygen atoms in total. The number of carbonyl (C=O) groups excluding carboxylic acids is 1. The van der Waals surface area contributed by atoms with E-state index in [-0.39, 0.29) is 12.0 Å². The number of fused-ring (bicyclic) bond motifs is 1. The van der Waals surface area contributed by atoms with Gasteiger partial charge in [0.05, 0.1) is 41.2 Å². The van der Waals surface area contributed by atoms with E-state index < -0.39 is 0 Å². The van der Waals surface area contributed by atoms with Crippen LogP contribution in [0, 0.1) is 6.92 Å². The summed E-state index contributed by atoms with van der Waals surface area (Å²) in [6.07, 6.45) is 7.24. The number of aryl methyl sites for hydroxylation is 1. The Kier molecular flexibility index (Phi) is 3.73. The smallest absolute Gasteiger partial charge is 0.257 e. The van der Waals surface area contributed by atoms with Gasteiger partial charge in [0.25, 0.3) is 11.6 Å². The van der Waals surface area contributed by atoms with Crippen molar-refractivity contribution in [2.24, 2.45) is 0 Å². The van der Waals surface area contributed by atoms with Gasteiger partial charge in [0.15, 0.2) is 0 Å². The van der Waals surface area contributed by atoms with Gasteiger partial charge in [0.1, 0.15) is 0 Å². The fourth-order valence-corrected chi connectivity index (χ4v) is 2.80. The van der Waals surface area contributed by atoms with Crippen LogP contribution in [0.3, 0.4) is 0 Å². The minimum atomic E-state index is -0.248. The fraction of sp³-hybridized carbons (Fsp3) is 0.375. The summed E-state index contributed by atoms with van der Waals surface area (Å²) in [6, 6.07) is 1.72. The normalized spacial score (nSPS) is 17.5. The molecule has 0 unspecified atom stereocenters. The van der Waals surface area contributed by atoms with Gasteiger partial charge in [-0.05, 0) is 25.8 Å². The lowest BCUT2D eigenvalue weighted by molar-refractivity contribution is 0.0940. The first-order chi connectivity index (χ1) is 11.7. The zero-order valence-corrected chi connectivity index (χ0v) is 13.2. The Hall–Kier alpha value is -2.74. The molecule has 1 atom stereocenters. The lowest BCUT2D eigenvalue weighted by Gasteiger charge is -2.08. The van der Waals surface area contributed by atoms with E-state index in [4.69, 9.17) is 9.26 Å². The molecule has 1 aliphatic heterocycles. The number of hydrogen-bond donors (Lipinski definition) is 1. The number of rotatable bonds is 4. The Labute approximate surface area is 137 Å². The van der Waals surface area contributed by atoms with Gasteiger partial charge in [-0.3, -0.25) is 9.48 Å². The van der Waals surface area contributed by atoms with Crippen LogP contribution in [0.1, 0.15) is 28.9 Å². The number of amides is 1. The zero-order valence-electron chi connectivity index (χ0n) is 13.2. The average Bonchev–Trinajstić information content (AvgIpc) is 3.31. The standard InChI is InChI=1S/C16H17N5O3/c1-10-14-5-11(6-17-16(14)24-20-10)15(22)19-12-7-18-21(8-12)9-13-3-2-4-23-13/h5-8,13H,2-4,9H2,1H3,(H,19,22)/t13-/m1/s1. The van der Waals surface area contributed by atoms with Crippen molar-refractivity contribution in [3.05, 3.63) is 35.9 Å². The highest BCUT2D eigenvalue weighted by Gasteiger charge is 2.17. The van der Waals surface area contributed by atoms with Gasteiger partial charge in [0.2, 0.25) is 0 Å². The molecule has 1 fully saturated rings. The van der Waals surface area contributed by atoms with Crippen LogP contribution in [0.15, 0.2) is 29.2 Å². The highest BCUT2D eigenvalue weighted by molar-refractivity contribution is 6.05. The van der Waals surface area contributed by atoms with E-state index in [1.807, 2.05) is 6.92 Å². The largest absolute Gasteiger partial charge is 0.376 e. The minimum absolute atomic E-state index is 0.205. The van der Waals surface area contributed by atoms with Gasteiger partial charge in [0, 0.05) is 19.0 Å². The first-order valence-corrected chi connectivity index (χ1v) is 7.86. The molecule has 124 valence electrons. The number of nitrogens with one attached hydrogen (secondary N) is 1. The summed E-state index contributed by atoms with van der Waals surface area (Å²) in [7, 11) is 0. The predicted octanol–water partition coefficient (Wildman–Crippen LogP) is 2.16. The first-order valence-electron chi connectivity index (χ1n) is 7.86. The summed E-state index contributed by atoms with van der Waals surface area (Å²) in [5, 5.41) is 11.7. The lowest BCUT2D eigenvalue weighted by Crippen LogP contribution is -2.15. The van der Waals surface area contributed by atoms with E-state index in [1.54, 1.807) is 23.1 Å². The maximum atomic E-state index is 12.4. The second-order valence-electron chi connectivity index (χ2n) is 5.88. The van der Waals surface area contributed by atoms with Crippen LogP contribution in [0.25, 0.3) is 11.1 Å². The lowest BCUT2D eigenvalue weighted by atomic mass is 10.2. The molecule has 4 rings (SSSR count). The van der Waals surface area contributed by atoms with Crippen LogP contribution in [0.5, 0.6) is 0 Å². The Morgan fingerprint density at radius 1 is 1.46 bits per heavy atom. The highest BCUT2D eigenvalue weighted by atomic mass is 16.5. The molecule has 24 heavy (non-hydrogen) atoms. The summed E-state index contributed by atoms with van der Waals surface area (Å²) < 4.78 is 12.4. The van der Waals surface area contributed by atoms with E-state index >= 15 is 0 Å². The molecule has 0 saturated carbocycles. The third-order valence-corrected chi connectivity index (χ3v) is 4.08. The Morgan fingerprint density at radius 2 is 2.38 bits per heavy atom. The quantitative estimate of drug-likeness (QED) is 0.789. The zero-order chi connectivity index (χ0) is 16.5. The van der Waals surface area contributed by atoms with Crippen LogP contribution < -0.4 is 5.32 Å². The maximum absolute atomic E-state index is 12.4. The molecule has 0 aromatic carbocycles. The van der Waals surface area contributed by atoms with Gasteiger partial charge in [-0.25, -0.2) is 4.98 Å². The molecule has 1 amide bonds. The molecule has 1 aliphatic rings. The number of hydrogen-bond acceptors (Lipinski definition) is 6. The Bertz CT molecular complexity index is 879. The van der Waals surface area contributed by atoms with E-state index in [1.165, 1.54) is 6.20 Å². The summed E-state index contributed by atoms with van der Waals surface area (Å²) in [4.78, 5) is 16.5. The van der Waals surface area contributed by atoms with Crippen molar-refractivity contribution in [2.45, 2.75) is 32.4 Å². The molecule has 0 radical (unpaired) electrons. The van der Waals surface area contributed by atoms with Crippen molar-refractivity contribution < 1.29 is 14.1 Å². The molecule has 3 aromatic heterocycles. The SMILES string of the molecule is Cc1noc2ncc(C(=O)Nc3cnn(C[C@H]4CCCO4)c3)cc12. The molecule has 1 saturated heterocycles. The second kappa shape index (κ2) is 6.04. The van der Waals surface area contributed by atoms with Crippen molar-refractivity contribution in [2.75, 3.05) is 11.9 Å². The summed E-state index contributed by atoms with van der Waals surface area (Å²) in [5.41, 5.74) is 2.21. The van der Waals surface area contributed by atoms with Gasteiger partial charge >= 0.3 is 0 Å². The molecule has 1 N–H and O–H groups in total. The fourth-order valence-electron chi connectivity index (χ4n) is 2.80. The van der Waals surface area contributed by atoms with Gasteiger partial charge in [-0.15, -0.1) is 0 Å². The molecule has 0 aliphatic carbocycles. The molecule has 0 spiro atoms. The summed E-state index contributed by atoms with van der Waals surface area (Å²) in [6.45, 7) is 3.32. The van der Waals surface area contributed by atoms with Crippen LogP contribution in [-0.4, -0.2) is 38.5 Å². The molecule has 8 heteroatoms. The number of ether oxygens (including phenoxy) is 1. The third-order valence-electron chi connectivity index (χ3n) is 4.08. The highest BCUT2D eigenvalue weighted by Crippen LogP contribution is 2.18. The first kappa shape index (κ1) is 14.8. The van der Waals surface area contributed by atoms with Crippen molar-refractivity contribution >= 4 is 22.7 Å². The Morgan fingerprint density at radius 3 is 3.21 bits per heavy atom. The number of pyridine rings is 1. The molecular weight excluding hydrogens is 310 g/mol. The van der Waals surface area contributed by atoms with Crippen LogP contribution in [0.4, 0.5) is 5.69 Å². The summed E-state index contributed by atoms with van der Waals surface area (Å²) >= 11 is 0. The van der Waals surface area contributed by atoms with E-state index in [9.17, 15) is 4.79 Å². The maximum Gasteiger partial charge on any atom is 0.257 e. The van der Waals surface area contributed by atoms with Crippen molar-refractivity contribution in [1.82, 2.24) is 19.9 Å². The van der Waals surface area contributed by atoms with Gasteiger partial charge in [-0.1, -0.05) is 5.16 Å². The van der Waals surface area contributed by atoms with E-state index in [0.29, 0.717) is 29.2 Å². The van der Waals surface area contributed by atoms with Crippen LogP contribution >= 0.6 is 0 Å². The topological polar surface area (TPSA) is 95.1 Å². The monoisotopic (exact) mass is 327 g/mol. The van der Waals surface area contributed by atoms with Crippen LogP contribution in [0.2, 0.25) is 0 Å². The van der Waals surface area contributed by atoms with Gasteiger partial charge in [-0.2, -0.15) is 5.10 Å². The molecular formula is C16H17N5O3. The second-order valence-corrected chi connectivity index (χ2v) is 5.88. The third kappa shape index (κ3) is 2.88. The number of aromatic nitrogens is 4. The van der Waals surface area contributed by atoms with Crippen molar-refractivity contribution in [3.8, 4) is 0 Å². The predicted molar refractivity (Wildman–Crippen MR) is 85.7 cm³/mol. The minimum Gasteiger partial charge on any atom is -0.376 e. The number of nitrogens with zero attached hydrogens (tertiary/aromatic N) is 4. The van der Waals surface area contributed by atoms with Crippen LogP contribution in [-0.2, 0) is 11.3 Å². The van der Waals surface area contributed by atoms with Crippen molar-refractivity contribution in [3.63, 3.8) is 0 Å². The summed E-state index contributed by atoms with van der Waals surface area (Å²) in [5.74, 6) is -0.248. The number of carbonyl (C=O) groups is 1. The average molecular weight is 327 g/mol. The molecule has 3 aromatic rings. The molecule has 4 heterocycles.